The minimum absolute atomic E-state index is 0.408. The molecule has 1 aliphatic carbocycles. The quantitative estimate of drug-likeness (QED) is 0.376. The van der Waals surface area contributed by atoms with Crippen LogP contribution in [-0.4, -0.2) is 28.9 Å². The third-order valence-corrected chi connectivity index (χ3v) is 3.50. The van der Waals surface area contributed by atoms with Gasteiger partial charge in [0.25, 0.3) is 0 Å². The van der Waals surface area contributed by atoms with Crippen molar-refractivity contribution in [3.63, 3.8) is 0 Å². The number of hydrogen-bond acceptors (Lipinski definition) is 3. The number of pyridine rings is 1. The van der Waals surface area contributed by atoms with Crippen LogP contribution in [0, 0.1) is 0 Å². The molecule has 0 spiro atoms. The summed E-state index contributed by atoms with van der Waals surface area (Å²) in [5.74, 6) is 6.35. The van der Waals surface area contributed by atoms with Gasteiger partial charge < -0.3 is 4.90 Å². The number of rotatable bonds is 3. The molecule has 0 aliphatic heterocycles. The average Bonchev–Trinajstić information content (AvgIpc) is 2.47. The third-order valence-electron chi connectivity index (χ3n) is 3.50. The highest BCUT2D eigenvalue weighted by atomic mass is 15.4. The van der Waals surface area contributed by atoms with Crippen LogP contribution in [0.5, 0.6) is 0 Å². The highest BCUT2D eigenvalue weighted by molar-refractivity contribution is 5.79. The number of aliphatic imine (C=N–C) groups is 1. The predicted molar refractivity (Wildman–Crippen MR) is 77.3 cm³/mol. The highest BCUT2D eigenvalue weighted by Crippen LogP contribution is 2.20. The molecular weight excluding hydrogens is 238 g/mol. The van der Waals surface area contributed by atoms with Gasteiger partial charge in [-0.3, -0.25) is 10.4 Å². The van der Waals surface area contributed by atoms with E-state index in [4.69, 9.17) is 10.8 Å². The lowest BCUT2D eigenvalue weighted by Crippen LogP contribution is -2.43. The molecule has 0 amide bonds. The van der Waals surface area contributed by atoms with Gasteiger partial charge in [-0.15, -0.1) is 0 Å². The van der Waals surface area contributed by atoms with Gasteiger partial charge in [0.1, 0.15) is 0 Å². The van der Waals surface area contributed by atoms with Crippen molar-refractivity contribution in [2.24, 2.45) is 10.8 Å². The summed E-state index contributed by atoms with van der Waals surface area (Å²) in [5.41, 5.74) is 3.73. The van der Waals surface area contributed by atoms with Crippen LogP contribution in [0.1, 0.15) is 37.8 Å². The lowest BCUT2D eigenvalue weighted by atomic mass is 9.96. The van der Waals surface area contributed by atoms with E-state index in [9.17, 15) is 0 Å². The number of aromatic nitrogens is 1. The molecule has 1 aromatic heterocycles. The largest absolute Gasteiger partial charge is 0.339 e. The average molecular weight is 261 g/mol. The summed E-state index contributed by atoms with van der Waals surface area (Å²) in [6, 6.07) is 6.32. The number of hydrogen-bond donors (Lipinski definition) is 2. The second-order valence-corrected chi connectivity index (χ2v) is 5.07. The lowest BCUT2D eigenvalue weighted by molar-refractivity contribution is 0.421. The van der Waals surface area contributed by atoms with E-state index in [1.54, 1.807) is 6.20 Å². The summed E-state index contributed by atoms with van der Waals surface area (Å²) in [6.07, 6.45) is 8.02. The molecule has 1 aromatic rings. The molecule has 5 nitrogen and oxygen atoms in total. The predicted octanol–water partition coefficient (Wildman–Crippen LogP) is 1.67. The first kappa shape index (κ1) is 13.8. The molecule has 0 saturated heterocycles. The van der Waals surface area contributed by atoms with Crippen LogP contribution in [0.15, 0.2) is 29.4 Å². The molecule has 0 aromatic carbocycles. The van der Waals surface area contributed by atoms with E-state index in [0.717, 1.165) is 11.7 Å². The molecule has 19 heavy (non-hydrogen) atoms. The van der Waals surface area contributed by atoms with Crippen molar-refractivity contribution in [1.82, 2.24) is 15.3 Å². The maximum atomic E-state index is 5.60. The molecule has 0 bridgehead atoms. The van der Waals surface area contributed by atoms with Gasteiger partial charge in [0, 0.05) is 13.2 Å². The normalized spacial score (nSPS) is 17.3. The van der Waals surface area contributed by atoms with Gasteiger partial charge in [0.15, 0.2) is 0 Å². The number of nitrogens with one attached hydrogen (secondary N) is 1. The van der Waals surface area contributed by atoms with Crippen LogP contribution in [0.2, 0.25) is 0 Å². The van der Waals surface area contributed by atoms with Crippen LogP contribution in [0.4, 0.5) is 0 Å². The van der Waals surface area contributed by atoms with Crippen LogP contribution in [0.25, 0.3) is 0 Å². The molecule has 1 heterocycles. The van der Waals surface area contributed by atoms with Crippen LogP contribution in [-0.2, 0) is 6.54 Å². The molecule has 104 valence electrons. The fraction of sp³-hybridized carbons (Fsp3) is 0.571. The van der Waals surface area contributed by atoms with E-state index in [0.29, 0.717) is 12.6 Å². The van der Waals surface area contributed by atoms with Crippen molar-refractivity contribution in [2.75, 3.05) is 7.05 Å². The highest BCUT2D eigenvalue weighted by Gasteiger charge is 2.14. The monoisotopic (exact) mass is 261 g/mol. The minimum Gasteiger partial charge on any atom is -0.339 e. The lowest BCUT2D eigenvalue weighted by Gasteiger charge is -2.24. The third kappa shape index (κ3) is 4.21. The first-order chi connectivity index (χ1) is 9.29. The summed E-state index contributed by atoms with van der Waals surface area (Å²) in [7, 11) is 1.98. The molecule has 1 fully saturated rings. The first-order valence-electron chi connectivity index (χ1n) is 6.95. The Labute approximate surface area is 114 Å². The summed E-state index contributed by atoms with van der Waals surface area (Å²) < 4.78 is 0. The minimum atomic E-state index is 0.408. The summed E-state index contributed by atoms with van der Waals surface area (Å²) in [6.45, 7) is 0.705. The summed E-state index contributed by atoms with van der Waals surface area (Å²) >= 11 is 0. The Balaban J connectivity index is 1.97. The van der Waals surface area contributed by atoms with Crippen molar-refractivity contribution >= 4 is 5.96 Å². The fourth-order valence-electron chi connectivity index (χ4n) is 2.44. The second-order valence-electron chi connectivity index (χ2n) is 5.07. The van der Waals surface area contributed by atoms with Crippen molar-refractivity contribution in [3.8, 4) is 0 Å². The smallest absolute Gasteiger partial charge is 0.208 e. The summed E-state index contributed by atoms with van der Waals surface area (Å²) in [4.78, 5) is 11.1. The molecule has 0 unspecified atom stereocenters. The maximum absolute atomic E-state index is 5.60. The first-order valence-corrected chi connectivity index (χ1v) is 6.95. The zero-order valence-corrected chi connectivity index (χ0v) is 11.5. The molecule has 3 N–H and O–H groups in total. The van der Waals surface area contributed by atoms with Crippen molar-refractivity contribution in [3.05, 3.63) is 30.1 Å². The number of nitrogens with two attached hydrogens (primary N) is 1. The Morgan fingerprint density at radius 3 is 2.84 bits per heavy atom. The van der Waals surface area contributed by atoms with Gasteiger partial charge >= 0.3 is 0 Å². The van der Waals surface area contributed by atoms with E-state index in [1.807, 2.05) is 30.1 Å². The van der Waals surface area contributed by atoms with E-state index < -0.39 is 0 Å². The zero-order valence-electron chi connectivity index (χ0n) is 11.5. The Kier molecular flexibility index (Phi) is 5.15. The SMILES string of the molecule is CN(Cc1ccccn1)C(=NC1CCCCC1)NN. The topological polar surface area (TPSA) is 66.5 Å². The van der Waals surface area contributed by atoms with Crippen molar-refractivity contribution in [1.29, 1.82) is 0 Å². The molecule has 0 radical (unpaired) electrons. The molecule has 1 saturated carbocycles. The van der Waals surface area contributed by atoms with Gasteiger partial charge in [-0.25, -0.2) is 10.8 Å². The van der Waals surface area contributed by atoms with Crippen LogP contribution in [0.3, 0.4) is 0 Å². The Hall–Kier alpha value is -1.62. The molecule has 5 heteroatoms. The molecular formula is C14H23N5. The number of nitrogens with zero attached hydrogens (tertiary/aromatic N) is 3. The molecule has 0 atom stereocenters. The van der Waals surface area contributed by atoms with E-state index in [-0.39, 0.29) is 0 Å². The van der Waals surface area contributed by atoms with Gasteiger partial charge in [-0.1, -0.05) is 25.3 Å². The van der Waals surface area contributed by atoms with Crippen molar-refractivity contribution < 1.29 is 0 Å². The van der Waals surface area contributed by atoms with E-state index in [1.165, 1.54) is 32.1 Å². The summed E-state index contributed by atoms with van der Waals surface area (Å²) in [5, 5.41) is 0. The van der Waals surface area contributed by atoms with E-state index in [2.05, 4.69) is 10.4 Å². The molecule has 1 aliphatic rings. The zero-order chi connectivity index (χ0) is 13.5. The second kappa shape index (κ2) is 7.09. The van der Waals surface area contributed by atoms with Gasteiger partial charge in [0.05, 0.1) is 18.3 Å². The standard InChI is InChI=1S/C14H23N5/c1-19(11-13-9-5-6-10-16-13)14(18-15)17-12-7-3-2-4-8-12/h5-6,9-10,12H,2-4,7-8,11,15H2,1H3,(H,17,18). The van der Waals surface area contributed by atoms with Crippen LogP contribution < -0.4 is 11.3 Å². The maximum Gasteiger partial charge on any atom is 0.208 e. The number of guanidine groups is 1. The number of hydrazine groups is 1. The Morgan fingerprint density at radius 1 is 1.42 bits per heavy atom. The Morgan fingerprint density at radius 2 is 2.21 bits per heavy atom. The Bertz CT molecular complexity index is 398. The van der Waals surface area contributed by atoms with Crippen molar-refractivity contribution in [2.45, 2.75) is 44.7 Å². The van der Waals surface area contributed by atoms with Gasteiger partial charge in [0.2, 0.25) is 5.96 Å². The van der Waals surface area contributed by atoms with Crippen LogP contribution >= 0.6 is 0 Å². The molecule has 2 rings (SSSR count). The van der Waals surface area contributed by atoms with Gasteiger partial charge in [-0.2, -0.15) is 0 Å². The van der Waals surface area contributed by atoms with Gasteiger partial charge in [-0.05, 0) is 25.0 Å². The van der Waals surface area contributed by atoms with E-state index >= 15 is 0 Å². The fourth-order valence-corrected chi connectivity index (χ4v) is 2.44.